The van der Waals surface area contributed by atoms with Gasteiger partial charge in [-0.15, -0.1) is 0 Å². The maximum Gasteiger partial charge on any atom is 0.237 e. The molecule has 0 aliphatic rings. The first-order chi connectivity index (χ1) is 6.61. The first kappa shape index (κ1) is 13.7. The molecular weight excluding hydrogens is 200 g/mol. The molecule has 0 saturated heterocycles. The summed E-state index contributed by atoms with van der Waals surface area (Å²) in [5.41, 5.74) is 5.68. The fourth-order valence-corrected chi connectivity index (χ4v) is 1.51. The molecule has 1 unspecified atom stereocenters. The number of nitrogens with one attached hydrogen (secondary N) is 1. The Hall–Kier alpha value is -0.260. The summed E-state index contributed by atoms with van der Waals surface area (Å²) in [7, 11) is 1.61. The van der Waals surface area contributed by atoms with Crippen LogP contribution in [-0.4, -0.2) is 43.7 Å². The van der Waals surface area contributed by atoms with Gasteiger partial charge in [0.2, 0.25) is 5.91 Å². The molecule has 84 valence electrons. The maximum absolute atomic E-state index is 11.4. The molecule has 0 saturated carbocycles. The van der Waals surface area contributed by atoms with Crippen LogP contribution in [0.4, 0.5) is 0 Å². The Bertz CT molecular complexity index is 167. The van der Waals surface area contributed by atoms with Gasteiger partial charge < -0.3 is 15.8 Å². The summed E-state index contributed by atoms with van der Waals surface area (Å²) in [5.74, 6) is 0.816. The molecule has 4 nitrogen and oxygen atoms in total. The summed E-state index contributed by atoms with van der Waals surface area (Å²) >= 11 is 1.69. The van der Waals surface area contributed by atoms with Gasteiger partial charge in [-0.3, -0.25) is 4.79 Å². The fourth-order valence-electron chi connectivity index (χ4n) is 1.02. The van der Waals surface area contributed by atoms with E-state index in [9.17, 15) is 4.79 Å². The summed E-state index contributed by atoms with van der Waals surface area (Å²) in [5, 5.41) is 2.79. The molecule has 1 amide bonds. The van der Waals surface area contributed by atoms with E-state index >= 15 is 0 Å². The van der Waals surface area contributed by atoms with Crippen LogP contribution in [0, 0.1) is 0 Å². The Labute approximate surface area is 89.9 Å². The summed E-state index contributed by atoms with van der Waals surface area (Å²) < 4.78 is 4.91. The molecule has 0 rings (SSSR count). The van der Waals surface area contributed by atoms with E-state index in [-0.39, 0.29) is 11.9 Å². The van der Waals surface area contributed by atoms with Crippen molar-refractivity contribution in [2.45, 2.75) is 25.4 Å². The number of thioether (sulfide) groups is 1. The normalized spacial score (nSPS) is 14.9. The molecule has 0 radical (unpaired) electrons. The lowest BCUT2D eigenvalue weighted by Gasteiger charge is -2.16. The molecule has 0 aromatic heterocycles. The van der Waals surface area contributed by atoms with Gasteiger partial charge in [0.15, 0.2) is 0 Å². The maximum atomic E-state index is 11.4. The summed E-state index contributed by atoms with van der Waals surface area (Å²) in [4.78, 5) is 11.4. The van der Waals surface area contributed by atoms with Crippen molar-refractivity contribution in [2.24, 2.45) is 5.73 Å². The van der Waals surface area contributed by atoms with Gasteiger partial charge in [-0.05, 0) is 25.4 Å². The molecule has 0 fully saturated rings. The lowest BCUT2D eigenvalue weighted by molar-refractivity contribution is -0.123. The van der Waals surface area contributed by atoms with Gasteiger partial charge in [0.1, 0.15) is 0 Å². The molecule has 2 atom stereocenters. The summed E-state index contributed by atoms with van der Waals surface area (Å²) in [6.45, 7) is 2.41. The van der Waals surface area contributed by atoms with Crippen LogP contribution in [0.15, 0.2) is 0 Å². The van der Waals surface area contributed by atoms with Crippen molar-refractivity contribution in [1.29, 1.82) is 0 Å². The van der Waals surface area contributed by atoms with E-state index in [4.69, 9.17) is 10.5 Å². The van der Waals surface area contributed by atoms with Gasteiger partial charge in [-0.2, -0.15) is 11.8 Å². The Morgan fingerprint density at radius 2 is 2.29 bits per heavy atom. The molecule has 0 aromatic carbocycles. The van der Waals surface area contributed by atoms with Crippen LogP contribution in [0.3, 0.4) is 0 Å². The number of methoxy groups -OCH3 is 1. The molecule has 0 heterocycles. The standard InChI is InChI=1S/C9H20N2O2S/c1-7(6-13-2)11-9(12)8(10)4-5-14-3/h7-8H,4-6,10H2,1-3H3,(H,11,12)/t7?,8-/m0/s1. The Balaban J connectivity index is 3.71. The van der Waals surface area contributed by atoms with Gasteiger partial charge in [-0.25, -0.2) is 0 Å². The molecule has 3 N–H and O–H groups in total. The van der Waals surface area contributed by atoms with Crippen LogP contribution in [-0.2, 0) is 9.53 Å². The van der Waals surface area contributed by atoms with E-state index in [0.29, 0.717) is 13.0 Å². The van der Waals surface area contributed by atoms with Gasteiger partial charge in [0, 0.05) is 13.2 Å². The minimum Gasteiger partial charge on any atom is -0.383 e. The highest BCUT2D eigenvalue weighted by atomic mass is 32.2. The molecule has 0 bridgehead atoms. The highest BCUT2D eigenvalue weighted by Gasteiger charge is 2.14. The predicted octanol–water partition coefficient (Wildman–Crippen LogP) is 0.218. The van der Waals surface area contributed by atoms with Crippen molar-refractivity contribution < 1.29 is 9.53 Å². The molecule has 14 heavy (non-hydrogen) atoms. The lowest BCUT2D eigenvalue weighted by Crippen LogP contribution is -2.46. The highest BCUT2D eigenvalue weighted by molar-refractivity contribution is 7.98. The van der Waals surface area contributed by atoms with Crippen molar-refractivity contribution >= 4 is 17.7 Å². The second-order valence-electron chi connectivity index (χ2n) is 3.25. The van der Waals surface area contributed by atoms with Crippen molar-refractivity contribution in [3.05, 3.63) is 0 Å². The van der Waals surface area contributed by atoms with Gasteiger partial charge >= 0.3 is 0 Å². The fraction of sp³-hybridized carbons (Fsp3) is 0.889. The second kappa shape index (κ2) is 8.08. The van der Waals surface area contributed by atoms with Crippen LogP contribution >= 0.6 is 11.8 Å². The third kappa shape index (κ3) is 6.23. The molecule has 0 aliphatic carbocycles. The molecule has 5 heteroatoms. The topological polar surface area (TPSA) is 64.3 Å². The van der Waals surface area contributed by atoms with Crippen LogP contribution in [0.1, 0.15) is 13.3 Å². The van der Waals surface area contributed by atoms with Crippen molar-refractivity contribution in [2.75, 3.05) is 25.7 Å². The molecule has 0 aromatic rings. The van der Waals surface area contributed by atoms with E-state index in [1.165, 1.54) is 0 Å². The van der Waals surface area contributed by atoms with Crippen LogP contribution in [0.5, 0.6) is 0 Å². The smallest absolute Gasteiger partial charge is 0.237 e. The molecule has 0 spiro atoms. The lowest BCUT2D eigenvalue weighted by atomic mass is 10.2. The summed E-state index contributed by atoms with van der Waals surface area (Å²) in [6.07, 6.45) is 2.71. The van der Waals surface area contributed by atoms with Gasteiger partial charge in [-0.1, -0.05) is 0 Å². The third-order valence-corrected chi connectivity index (χ3v) is 2.42. The first-order valence-electron chi connectivity index (χ1n) is 4.65. The third-order valence-electron chi connectivity index (χ3n) is 1.78. The monoisotopic (exact) mass is 220 g/mol. The van der Waals surface area contributed by atoms with Gasteiger partial charge in [0.25, 0.3) is 0 Å². The Kier molecular flexibility index (Phi) is 7.93. The zero-order valence-electron chi connectivity index (χ0n) is 9.08. The van der Waals surface area contributed by atoms with E-state index in [0.717, 1.165) is 5.75 Å². The number of amides is 1. The average Bonchev–Trinajstić information content (AvgIpc) is 2.14. The van der Waals surface area contributed by atoms with Gasteiger partial charge in [0.05, 0.1) is 12.6 Å². The quantitative estimate of drug-likeness (QED) is 0.644. The van der Waals surface area contributed by atoms with Crippen LogP contribution in [0.25, 0.3) is 0 Å². The predicted molar refractivity (Wildman–Crippen MR) is 60.5 cm³/mol. The van der Waals surface area contributed by atoms with Crippen molar-refractivity contribution in [1.82, 2.24) is 5.32 Å². The minimum absolute atomic E-state index is 0.0211. The number of ether oxygens (including phenoxy) is 1. The van der Waals surface area contributed by atoms with Crippen molar-refractivity contribution in [3.63, 3.8) is 0 Å². The second-order valence-corrected chi connectivity index (χ2v) is 4.24. The number of nitrogens with two attached hydrogens (primary N) is 1. The SMILES string of the molecule is COCC(C)NC(=O)[C@@H](N)CCSC. The molecular formula is C9H20N2O2S. The Morgan fingerprint density at radius 3 is 2.79 bits per heavy atom. The van der Waals surface area contributed by atoms with E-state index in [1.54, 1.807) is 18.9 Å². The van der Waals surface area contributed by atoms with E-state index in [2.05, 4.69) is 5.32 Å². The Morgan fingerprint density at radius 1 is 1.64 bits per heavy atom. The zero-order valence-corrected chi connectivity index (χ0v) is 9.89. The zero-order chi connectivity index (χ0) is 11.0. The first-order valence-corrected chi connectivity index (χ1v) is 6.05. The molecule has 0 aliphatic heterocycles. The van der Waals surface area contributed by atoms with Crippen LogP contribution in [0.2, 0.25) is 0 Å². The van der Waals surface area contributed by atoms with E-state index < -0.39 is 6.04 Å². The highest BCUT2D eigenvalue weighted by Crippen LogP contribution is 1.99. The van der Waals surface area contributed by atoms with Crippen molar-refractivity contribution in [3.8, 4) is 0 Å². The summed E-state index contributed by atoms with van der Waals surface area (Å²) in [6, 6.07) is -0.380. The average molecular weight is 220 g/mol. The van der Waals surface area contributed by atoms with Crippen LogP contribution < -0.4 is 11.1 Å². The number of rotatable bonds is 7. The number of hydrogen-bond acceptors (Lipinski definition) is 4. The number of carbonyl (C=O) groups excluding carboxylic acids is 1. The number of carbonyl (C=O) groups is 1. The minimum atomic E-state index is -0.401. The number of hydrogen-bond donors (Lipinski definition) is 2. The largest absolute Gasteiger partial charge is 0.383 e. The van der Waals surface area contributed by atoms with E-state index in [1.807, 2.05) is 13.2 Å².